The van der Waals surface area contributed by atoms with Gasteiger partial charge < -0.3 is 0 Å². The first-order valence-corrected chi connectivity index (χ1v) is 13.8. The molecule has 37 heavy (non-hydrogen) atoms. The van der Waals surface area contributed by atoms with Crippen LogP contribution in [0.4, 0.5) is 0 Å². The van der Waals surface area contributed by atoms with Gasteiger partial charge in [-0.1, -0.05) is 93.7 Å². The van der Waals surface area contributed by atoms with Crippen molar-refractivity contribution in [2.45, 2.75) is 81.1 Å². The third-order valence-electron chi connectivity index (χ3n) is 10.5. The van der Waals surface area contributed by atoms with Crippen LogP contribution in [0.3, 0.4) is 0 Å². The SMILES string of the molecule is C=C(C)C1=C(c2ccc(C)c3c2C[C@]2(C)C[C@]4(C)CC(C)=C(C(=C)C)C(=C)[C@]4(C)C(C)=C2C3=C)CC=C1. The molecule has 4 aliphatic carbocycles. The van der Waals surface area contributed by atoms with E-state index >= 15 is 0 Å². The molecule has 0 saturated heterocycles. The van der Waals surface area contributed by atoms with Crippen molar-refractivity contribution < 1.29 is 0 Å². The predicted molar refractivity (Wildman–Crippen MR) is 162 cm³/mol. The van der Waals surface area contributed by atoms with Crippen molar-refractivity contribution in [2.75, 3.05) is 0 Å². The highest BCUT2D eigenvalue weighted by Gasteiger charge is 2.59. The van der Waals surface area contributed by atoms with Gasteiger partial charge in [-0.05, 0) is 127 Å². The minimum Gasteiger partial charge on any atom is -0.0955 e. The zero-order valence-corrected chi connectivity index (χ0v) is 24.5. The van der Waals surface area contributed by atoms with Gasteiger partial charge in [0.15, 0.2) is 0 Å². The van der Waals surface area contributed by atoms with E-state index in [1.807, 2.05) is 0 Å². The van der Waals surface area contributed by atoms with Crippen LogP contribution in [0.5, 0.6) is 0 Å². The van der Waals surface area contributed by atoms with Crippen LogP contribution in [0.15, 0.2) is 95.2 Å². The van der Waals surface area contributed by atoms with E-state index in [2.05, 4.69) is 92.8 Å². The van der Waals surface area contributed by atoms with Gasteiger partial charge in [0.2, 0.25) is 0 Å². The zero-order chi connectivity index (χ0) is 27.2. The van der Waals surface area contributed by atoms with Gasteiger partial charge in [0, 0.05) is 5.41 Å². The molecule has 1 aromatic carbocycles. The average molecular weight is 489 g/mol. The van der Waals surface area contributed by atoms with Crippen molar-refractivity contribution in [1.29, 1.82) is 0 Å². The van der Waals surface area contributed by atoms with Crippen molar-refractivity contribution in [3.8, 4) is 0 Å². The number of fused-ring (bicyclic) bond motifs is 3. The molecule has 0 unspecified atom stereocenters. The number of hydrogen-bond acceptors (Lipinski definition) is 0. The molecule has 5 rings (SSSR count). The monoisotopic (exact) mass is 488 g/mol. The van der Waals surface area contributed by atoms with E-state index in [1.165, 1.54) is 66.8 Å². The van der Waals surface area contributed by atoms with Gasteiger partial charge in [-0.25, -0.2) is 0 Å². The number of hydrogen-bond donors (Lipinski definition) is 0. The summed E-state index contributed by atoms with van der Waals surface area (Å²) in [7, 11) is 0. The summed E-state index contributed by atoms with van der Waals surface area (Å²) in [4.78, 5) is 0. The fourth-order valence-electron chi connectivity index (χ4n) is 8.98. The zero-order valence-electron chi connectivity index (χ0n) is 24.5. The van der Waals surface area contributed by atoms with Gasteiger partial charge >= 0.3 is 0 Å². The fourth-order valence-corrected chi connectivity index (χ4v) is 8.98. The van der Waals surface area contributed by atoms with E-state index in [0.717, 1.165) is 36.8 Å². The molecule has 0 amide bonds. The Morgan fingerprint density at radius 1 is 0.919 bits per heavy atom. The van der Waals surface area contributed by atoms with Gasteiger partial charge in [-0.15, -0.1) is 0 Å². The lowest BCUT2D eigenvalue weighted by Crippen LogP contribution is -2.52. The minimum atomic E-state index is -0.118. The maximum absolute atomic E-state index is 4.84. The molecule has 0 nitrogen and oxygen atoms in total. The first-order valence-electron chi connectivity index (χ1n) is 13.8. The van der Waals surface area contributed by atoms with E-state index in [9.17, 15) is 0 Å². The third kappa shape index (κ3) is 3.27. The molecule has 0 aromatic heterocycles. The average Bonchev–Trinajstić information content (AvgIpc) is 3.26. The Hall–Kier alpha value is -2.86. The Balaban J connectivity index is 1.77. The van der Waals surface area contributed by atoms with Crippen molar-refractivity contribution in [3.05, 3.63) is 117 Å². The second-order valence-corrected chi connectivity index (χ2v) is 13.2. The molecule has 3 atom stereocenters. The summed E-state index contributed by atoms with van der Waals surface area (Å²) in [5.41, 5.74) is 18.7. The van der Waals surface area contributed by atoms with Gasteiger partial charge in [0.25, 0.3) is 0 Å². The first kappa shape index (κ1) is 25.8. The molecule has 0 saturated carbocycles. The van der Waals surface area contributed by atoms with Gasteiger partial charge in [-0.2, -0.15) is 0 Å². The molecule has 192 valence electrons. The van der Waals surface area contributed by atoms with Crippen LogP contribution in [0, 0.1) is 23.2 Å². The molecule has 0 heterocycles. The lowest BCUT2D eigenvalue weighted by Gasteiger charge is -2.62. The van der Waals surface area contributed by atoms with Gasteiger partial charge in [-0.3, -0.25) is 0 Å². The van der Waals surface area contributed by atoms with Crippen LogP contribution in [0.2, 0.25) is 0 Å². The van der Waals surface area contributed by atoms with E-state index in [-0.39, 0.29) is 16.2 Å². The van der Waals surface area contributed by atoms with Crippen molar-refractivity contribution in [3.63, 3.8) is 0 Å². The van der Waals surface area contributed by atoms with Crippen LogP contribution in [0.25, 0.3) is 11.1 Å². The lowest BCUT2D eigenvalue weighted by atomic mass is 9.41. The number of allylic oxidation sites excluding steroid dienone is 12. The van der Waals surface area contributed by atoms with E-state index < -0.39 is 0 Å². The van der Waals surface area contributed by atoms with E-state index in [1.54, 1.807) is 0 Å². The normalized spacial score (nSPS) is 31.0. The fraction of sp³-hybridized carbons (Fsp3) is 0.405. The minimum absolute atomic E-state index is 0.0300. The molecule has 0 N–H and O–H groups in total. The largest absolute Gasteiger partial charge is 0.0955 e. The van der Waals surface area contributed by atoms with Crippen LogP contribution >= 0.6 is 0 Å². The van der Waals surface area contributed by atoms with Crippen molar-refractivity contribution in [1.82, 2.24) is 0 Å². The summed E-state index contributed by atoms with van der Waals surface area (Å²) in [5, 5.41) is 0. The van der Waals surface area contributed by atoms with Gasteiger partial charge in [0.05, 0.1) is 0 Å². The Morgan fingerprint density at radius 3 is 2.22 bits per heavy atom. The van der Waals surface area contributed by atoms with Crippen molar-refractivity contribution >= 4 is 11.1 Å². The number of aryl methyl sites for hydroxylation is 1. The lowest BCUT2D eigenvalue weighted by molar-refractivity contribution is 0.0544. The van der Waals surface area contributed by atoms with Crippen LogP contribution in [-0.4, -0.2) is 0 Å². The molecular weight excluding hydrogens is 444 g/mol. The molecule has 0 bridgehead atoms. The highest BCUT2D eigenvalue weighted by Crippen LogP contribution is 2.70. The summed E-state index contributed by atoms with van der Waals surface area (Å²) in [6, 6.07) is 4.67. The Bertz CT molecular complexity index is 1460. The number of benzene rings is 1. The smallest absolute Gasteiger partial charge is 0.0194 e. The molecule has 4 aliphatic rings. The predicted octanol–water partition coefficient (Wildman–Crippen LogP) is 10.4. The Labute approximate surface area is 225 Å². The second kappa shape index (κ2) is 8.07. The standard InChI is InChI=1S/C37H44/c1-21(2)28-14-13-15-29(28)30-17-16-23(5)33-25(7)34-27(9)37(12)26(8)32(22(3)4)24(6)18-36(37,11)20-35(34,10)19-31(30)33/h13-14,16-17H,1,3,7-8,15,18-20H2,2,4-6,9-12H3/t35-,36+,37-/m1/s1. The summed E-state index contributed by atoms with van der Waals surface area (Å²) in [6.45, 7) is 36.9. The second-order valence-electron chi connectivity index (χ2n) is 13.2. The van der Waals surface area contributed by atoms with E-state index in [0.29, 0.717) is 0 Å². The quantitative estimate of drug-likeness (QED) is 0.397. The number of rotatable bonds is 3. The third-order valence-corrected chi connectivity index (χ3v) is 10.5. The van der Waals surface area contributed by atoms with Gasteiger partial charge in [0.1, 0.15) is 0 Å². The molecule has 1 aromatic rings. The first-order chi connectivity index (χ1) is 17.2. The summed E-state index contributed by atoms with van der Waals surface area (Å²) < 4.78 is 0. The maximum atomic E-state index is 4.84. The molecule has 0 fully saturated rings. The molecule has 0 heteroatoms. The highest BCUT2D eigenvalue weighted by molar-refractivity contribution is 5.91. The van der Waals surface area contributed by atoms with Crippen LogP contribution in [-0.2, 0) is 6.42 Å². The summed E-state index contributed by atoms with van der Waals surface area (Å²) >= 11 is 0. The van der Waals surface area contributed by atoms with Crippen LogP contribution in [0.1, 0.15) is 90.0 Å². The molecular formula is C37H44. The maximum Gasteiger partial charge on any atom is 0.0194 e. The Morgan fingerprint density at radius 2 is 1.59 bits per heavy atom. The topological polar surface area (TPSA) is 0 Å². The molecule has 0 aliphatic heterocycles. The molecule has 0 radical (unpaired) electrons. The molecule has 0 spiro atoms. The highest BCUT2D eigenvalue weighted by atomic mass is 14.6. The van der Waals surface area contributed by atoms with Crippen molar-refractivity contribution in [2.24, 2.45) is 16.2 Å². The summed E-state index contributed by atoms with van der Waals surface area (Å²) in [5.74, 6) is 0. The Kier molecular flexibility index (Phi) is 5.62. The van der Waals surface area contributed by atoms with E-state index in [4.69, 9.17) is 13.2 Å². The van der Waals surface area contributed by atoms with Crippen LogP contribution < -0.4 is 0 Å². The summed E-state index contributed by atoms with van der Waals surface area (Å²) in [6.07, 6.45) is 8.78.